The fraction of sp³-hybridized carbons (Fsp3) is 0.308. The average molecular weight is 249 g/mol. The second-order valence-electron chi connectivity index (χ2n) is 3.79. The second kappa shape index (κ2) is 4.75. The number of aromatic hydroxyl groups is 1. The van der Waals surface area contributed by atoms with Gasteiger partial charge in [0.15, 0.2) is 5.06 Å². The van der Waals surface area contributed by atoms with Crippen molar-refractivity contribution in [3.05, 3.63) is 29.5 Å². The molecule has 0 saturated carbocycles. The lowest BCUT2D eigenvalue weighted by molar-refractivity contribution is 0.410. The van der Waals surface area contributed by atoms with Gasteiger partial charge in [-0.2, -0.15) is 0 Å². The third-order valence-electron chi connectivity index (χ3n) is 2.68. The summed E-state index contributed by atoms with van der Waals surface area (Å²) < 4.78 is 5.29. The van der Waals surface area contributed by atoms with Gasteiger partial charge in [-0.15, -0.1) is 0 Å². The Kier molecular flexibility index (Phi) is 3.33. The molecule has 0 bridgehead atoms. The second-order valence-corrected chi connectivity index (χ2v) is 4.77. The minimum Gasteiger partial charge on any atom is -0.498 e. The van der Waals surface area contributed by atoms with Crippen LogP contribution in [0.4, 0.5) is 0 Å². The molecule has 90 valence electrons. The van der Waals surface area contributed by atoms with E-state index in [0.717, 1.165) is 28.3 Å². The summed E-state index contributed by atoms with van der Waals surface area (Å²) in [5.74, 6) is 0.897. The molecule has 2 rings (SSSR count). The molecule has 0 aliphatic rings. The zero-order chi connectivity index (χ0) is 12.4. The average Bonchev–Trinajstić information content (AvgIpc) is 2.68. The van der Waals surface area contributed by atoms with Crippen molar-refractivity contribution in [3.8, 4) is 21.4 Å². The van der Waals surface area contributed by atoms with E-state index in [9.17, 15) is 5.11 Å². The summed E-state index contributed by atoms with van der Waals surface area (Å²) in [5, 5.41) is 10.7. The number of ether oxygens (including phenoxy) is 1. The summed E-state index contributed by atoms with van der Waals surface area (Å²) in [6.45, 7) is 3.89. The minimum atomic E-state index is 0.286. The SMILES string of the molecule is CCc1cc(-c2nc(C)c(O)s2)ccc1OC. The normalized spacial score (nSPS) is 10.5. The van der Waals surface area contributed by atoms with Crippen molar-refractivity contribution in [2.24, 2.45) is 0 Å². The van der Waals surface area contributed by atoms with Gasteiger partial charge in [-0.05, 0) is 37.1 Å². The molecule has 0 fully saturated rings. The lowest BCUT2D eigenvalue weighted by Gasteiger charge is -2.07. The number of thiazole rings is 1. The van der Waals surface area contributed by atoms with Crippen molar-refractivity contribution in [3.63, 3.8) is 0 Å². The number of benzene rings is 1. The topological polar surface area (TPSA) is 42.4 Å². The van der Waals surface area contributed by atoms with Gasteiger partial charge in [-0.25, -0.2) is 4.98 Å². The minimum absolute atomic E-state index is 0.286. The maximum atomic E-state index is 9.56. The standard InChI is InChI=1S/C13H15NO2S/c1-4-9-7-10(5-6-11(9)16-3)12-14-8(2)13(15)17-12/h5-7,15H,4H2,1-3H3. The summed E-state index contributed by atoms with van der Waals surface area (Å²) >= 11 is 1.30. The van der Waals surface area contributed by atoms with Crippen LogP contribution in [0, 0.1) is 6.92 Å². The molecule has 4 heteroatoms. The highest BCUT2D eigenvalue weighted by atomic mass is 32.1. The van der Waals surface area contributed by atoms with Crippen LogP contribution in [-0.2, 0) is 6.42 Å². The van der Waals surface area contributed by atoms with Gasteiger partial charge in [0.1, 0.15) is 10.8 Å². The van der Waals surface area contributed by atoms with Crippen LogP contribution in [0.1, 0.15) is 18.2 Å². The first-order valence-corrected chi connectivity index (χ1v) is 6.31. The number of aryl methyl sites for hydroxylation is 2. The smallest absolute Gasteiger partial charge is 0.195 e. The zero-order valence-electron chi connectivity index (χ0n) is 10.2. The fourth-order valence-electron chi connectivity index (χ4n) is 1.70. The lowest BCUT2D eigenvalue weighted by Crippen LogP contribution is -1.91. The molecule has 0 spiro atoms. The first-order chi connectivity index (χ1) is 8.15. The molecule has 0 aliphatic heterocycles. The van der Waals surface area contributed by atoms with E-state index in [4.69, 9.17) is 4.74 Å². The Morgan fingerprint density at radius 2 is 2.18 bits per heavy atom. The van der Waals surface area contributed by atoms with Gasteiger partial charge in [-0.3, -0.25) is 0 Å². The first-order valence-electron chi connectivity index (χ1n) is 5.49. The van der Waals surface area contributed by atoms with E-state index in [1.54, 1.807) is 14.0 Å². The number of nitrogens with zero attached hydrogens (tertiary/aromatic N) is 1. The Labute approximate surface area is 105 Å². The summed E-state index contributed by atoms with van der Waals surface area (Å²) in [4.78, 5) is 4.34. The van der Waals surface area contributed by atoms with Crippen molar-refractivity contribution in [2.75, 3.05) is 7.11 Å². The van der Waals surface area contributed by atoms with Gasteiger partial charge in [0, 0.05) is 5.56 Å². The highest BCUT2D eigenvalue weighted by molar-refractivity contribution is 7.16. The van der Waals surface area contributed by atoms with Crippen LogP contribution in [0.5, 0.6) is 10.8 Å². The Morgan fingerprint density at radius 3 is 2.71 bits per heavy atom. The van der Waals surface area contributed by atoms with Crippen LogP contribution in [0.25, 0.3) is 10.6 Å². The maximum absolute atomic E-state index is 9.56. The van der Waals surface area contributed by atoms with E-state index in [2.05, 4.69) is 18.0 Å². The summed E-state index contributed by atoms with van der Waals surface area (Å²) in [5.41, 5.74) is 2.85. The Balaban J connectivity index is 2.46. The fourth-order valence-corrected chi connectivity index (χ4v) is 2.50. The third-order valence-corrected chi connectivity index (χ3v) is 3.69. The number of methoxy groups -OCH3 is 1. The van der Waals surface area contributed by atoms with Gasteiger partial charge in [-0.1, -0.05) is 18.3 Å². The van der Waals surface area contributed by atoms with Crippen LogP contribution in [-0.4, -0.2) is 17.2 Å². The molecular weight excluding hydrogens is 234 g/mol. The molecule has 0 atom stereocenters. The Hall–Kier alpha value is -1.55. The van der Waals surface area contributed by atoms with E-state index < -0.39 is 0 Å². The van der Waals surface area contributed by atoms with Crippen LogP contribution in [0.3, 0.4) is 0 Å². The van der Waals surface area contributed by atoms with Crippen LogP contribution in [0.15, 0.2) is 18.2 Å². The monoisotopic (exact) mass is 249 g/mol. The highest BCUT2D eigenvalue weighted by Gasteiger charge is 2.10. The molecule has 1 N–H and O–H groups in total. The predicted octanol–water partition coefficient (Wildman–Crippen LogP) is 3.40. The third kappa shape index (κ3) is 2.26. The molecule has 17 heavy (non-hydrogen) atoms. The first kappa shape index (κ1) is 11.9. The van der Waals surface area contributed by atoms with Crippen LogP contribution >= 0.6 is 11.3 Å². The van der Waals surface area contributed by atoms with Crippen molar-refractivity contribution < 1.29 is 9.84 Å². The van der Waals surface area contributed by atoms with Crippen LogP contribution < -0.4 is 4.74 Å². The molecule has 1 aromatic carbocycles. The zero-order valence-corrected chi connectivity index (χ0v) is 11.0. The van der Waals surface area contributed by atoms with Crippen molar-refractivity contribution in [1.82, 2.24) is 4.98 Å². The highest BCUT2D eigenvalue weighted by Crippen LogP contribution is 2.34. The van der Waals surface area contributed by atoms with E-state index >= 15 is 0 Å². The molecule has 1 heterocycles. The molecule has 0 radical (unpaired) electrons. The molecule has 0 aliphatic carbocycles. The summed E-state index contributed by atoms with van der Waals surface area (Å²) in [7, 11) is 1.67. The van der Waals surface area contributed by atoms with Gasteiger partial charge in [0.2, 0.25) is 0 Å². The van der Waals surface area contributed by atoms with Gasteiger partial charge in [0.05, 0.1) is 12.8 Å². The quantitative estimate of drug-likeness (QED) is 0.906. The maximum Gasteiger partial charge on any atom is 0.195 e. The molecular formula is C13H15NO2S. The van der Waals surface area contributed by atoms with Crippen molar-refractivity contribution >= 4 is 11.3 Å². The van der Waals surface area contributed by atoms with Gasteiger partial charge >= 0.3 is 0 Å². The van der Waals surface area contributed by atoms with Crippen molar-refractivity contribution in [1.29, 1.82) is 0 Å². The van der Waals surface area contributed by atoms with E-state index in [1.165, 1.54) is 11.3 Å². The Bertz CT molecular complexity index is 515. The Morgan fingerprint density at radius 1 is 1.41 bits per heavy atom. The molecule has 2 aromatic rings. The summed E-state index contributed by atoms with van der Waals surface area (Å²) in [6.07, 6.45) is 0.910. The van der Waals surface area contributed by atoms with Gasteiger partial charge < -0.3 is 9.84 Å². The van der Waals surface area contributed by atoms with Crippen molar-refractivity contribution in [2.45, 2.75) is 20.3 Å². The van der Waals surface area contributed by atoms with Crippen LogP contribution in [0.2, 0.25) is 0 Å². The number of rotatable bonds is 3. The number of aromatic nitrogens is 1. The number of hydrogen-bond donors (Lipinski definition) is 1. The largest absolute Gasteiger partial charge is 0.498 e. The molecule has 1 aromatic heterocycles. The number of hydrogen-bond acceptors (Lipinski definition) is 4. The summed E-state index contributed by atoms with van der Waals surface area (Å²) in [6, 6.07) is 5.98. The molecule has 3 nitrogen and oxygen atoms in total. The predicted molar refractivity (Wildman–Crippen MR) is 69.9 cm³/mol. The molecule has 0 amide bonds. The van der Waals surface area contributed by atoms with E-state index in [1.807, 2.05) is 12.1 Å². The van der Waals surface area contributed by atoms with E-state index in [0.29, 0.717) is 5.69 Å². The molecule has 0 unspecified atom stereocenters. The van der Waals surface area contributed by atoms with E-state index in [-0.39, 0.29) is 5.06 Å². The lowest BCUT2D eigenvalue weighted by atomic mass is 10.1. The van der Waals surface area contributed by atoms with Gasteiger partial charge in [0.25, 0.3) is 0 Å². The molecule has 0 saturated heterocycles.